The van der Waals surface area contributed by atoms with Gasteiger partial charge in [-0.2, -0.15) is 5.10 Å². The van der Waals surface area contributed by atoms with E-state index >= 15 is 0 Å². The lowest BCUT2D eigenvalue weighted by atomic mass is 10.1. The Morgan fingerprint density at radius 2 is 2.22 bits per heavy atom. The third kappa shape index (κ3) is 3.54. The first kappa shape index (κ1) is 13.5. The number of rotatable bonds is 6. The summed E-state index contributed by atoms with van der Waals surface area (Å²) in [7, 11) is 0. The molecule has 5 heteroatoms. The van der Waals surface area contributed by atoms with Gasteiger partial charge in [-0.3, -0.25) is 4.68 Å². The molecule has 2 heterocycles. The van der Waals surface area contributed by atoms with Crippen LogP contribution in [-0.2, 0) is 15.9 Å². The number of ether oxygens (including phenoxy) is 2. The molecule has 2 rings (SSSR count). The van der Waals surface area contributed by atoms with E-state index in [1.54, 1.807) is 0 Å². The molecule has 18 heavy (non-hydrogen) atoms. The van der Waals surface area contributed by atoms with E-state index in [0.29, 0.717) is 32.1 Å². The summed E-state index contributed by atoms with van der Waals surface area (Å²) in [6.07, 6.45) is 3.36. The van der Waals surface area contributed by atoms with Crippen LogP contribution in [0.5, 0.6) is 0 Å². The molecule has 1 aliphatic rings. The van der Waals surface area contributed by atoms with Gasteiger partial charge in [-0.25, -0.2) is 0 Å². The lowest BCUT2D eigenvalue weighted by molar-refractivity contribution is -0.0699. The van der Waals surface area contributed by atoms with Gasteiger partial charge < -0.3 is 14.6 Å². The zero-order valence-electron chi connectivity index (χ0n) is 11.1. The Morgan fingerprint density at radius 1 is 1.50 bits per heavy atom. The van der Waals surface area contributed by atoms with Crippen LogP contribution in [0.15, 0.2) is 12.3 Å². The fraction of sp³-hybridized carbons (Fsp3) is 0.769. The van der Waals surface area contributed by atoms with E-state index in [9.17, 15) is 5.11 Å². The Hall–Kier alpha value is -0.910. The van der Waals surface area contributed by atoms with E-state index in [1.807, 2.05) is 16.9 Å². The lowest BCUT2D eigenvalue weighted by Crippen LogP contribution is -2.20. The van der Waals surface area contributed by atoms with Crippen LogP contribution in [0.4, 0.5) is 0 Å². The van der Waals surface area contributed by atoms with E-state index in [1.165, 1.54) is 0 Å². The van der Waals surface area contributed by atoms with Crippen molar-refractivity contribution in [2.75, 3.05) is 13.2 Å². The number of aromatic nitrogens is 2. The van der Waals surface area contributed by atoms with Crippen LogP contribution in [0, 0.1) is 0 Å². The van der Waals surface area contributed by atoms with Gasteiger partial charge in [0.05, 0.1) is 25.0 Å². The van der Waals surface area contributed by atoms with Gasteiger partial charge in [-0.05, 0) is 19.4 Å². The summed E-state index contributed by atoms with van der Waals surface area (Å²) in [6.45, 7) is 5.52. The molecule has 102 valence electrons. The fourth-order valence-electron chi connectivity index (χ4n) is 2.01. The van der Waals surface area contributed by atoms with Crippen molar-refractivity contribution in [3.8, 4) is 0 Å². The van der Waals surface area contributed by atoms with Crippen molar-refractivity contribution < 1.29 is 14.6 Å². The molecule has 5 nitrogen and oxygen atoms in total. The van der Waals surface area contributed by atoms with Crippen LogP contribution >= 0.6 is 0 Å². The van der Waals surface area contributed by atoms with Crippen molar-refractivity contribution in [3.05, 3.63) is 18.0 Å². The van der Waals surface area contributed by atoms with Gasteiger partial charge in [-0.15, -0.1) is 0 Å². The van der Waals surface area contributed by atoms with Crippen LogP contribution in [-0.4, -0.2) is 40.5 Å². The number of hydrogen-bond donors (Lipinski definition) is 1. The smallest absolute Gasteiger partial charge is 0.160 e. The molecule has 0 aromatic carbocycles. The summed E-state index contributed by atoms with van der Waals surface area (Å²) in [5.74, 6) is 0. The third-order valence-corrected chi connectivity index (χ3v) is 3.31. The highest BCUT2D eigenvalue weighted by molar-refractivity contribution is 5.01. The van der Waals surface area contributed by atoms with Gasteiger partial charge in [0.2, 0.25) is 0 Å². The number of hydrogen-bond acceptors (Lipinski definition) is 4. The van der Waals surface area contributed by atoms with Crippen molar-refractivity contribution in [2.24, 2.45) is 0 Å². The van der Waals surface area contributed by atoms with Crippen LogP contribution in [0.3, 0.4) is 0 Å². The molecule has 1 N–H and O–H groups in total. The normalized spacial score (nSPS) is 20.2. The second-order valence-corrected chi connectivity index (χ2v) is 4.81. The maximum absolute atomic E-state index is 9.96. The van der Waals surface area contributed by atoms with E-state index in [2.05, 4.69) is 18.9 Å². The van der Waals surface area contributed by atoms with Crippen LogP contribution in [0.25, 0.3) is 0 Å². The Bertz CT molecular complexity index is 361. The first-order valence-corrected chi connectivity index (χ1v) is 6.64. The molecule has 0 bridgehead atoms. The highest BCUT2D eigenvalue weighted by Crippen LogP contribution is 2.14. The standard InChI is InChI=1S/C13H22N2O3/c1-3-10(2)15-5-4-11(14-15)8-12(16)9-13-17-6-7-18-13/h4-5,10,12-13,16H,3,6-9H2,1-2H3. The molecule has 0 spiro atoms. The maximum Gasteiger partial charge on any atom is 0.160 e. The van der Waals surface area contributed by atoms with Crippen molar-refractivity contribution in [3.63, 3.8) is 0 Å². The van der Waals surface area contributed by atoms with Crippen molar-refractivity contribution in [1.82, 2.24) is 9.78 Å². The summed E-state index contributed by atoms with van der Waals surface area (Å²) >= 11 is 0. The molecule has 1 aromatic heterocycles. The van der Waals surface area contributed by atoms with Crippen molar-refractivity contribution in [1.29, 1.82) is 0 Å². The molecule has 0 amide bonds. The van der Waals surface area contributed by atoms with Gasteiger partial charge in [-0.1, -0.05) is 6.92 Å². The zero-order chi connectivity index (χ0) is 13.0. The molecule has 1 aliphatic heterocycles. The molecule has 0 radical (unpaired) electrons. The van der Waals surface area contributed by atoms with E-state index in [0.717, 1.165) is 12.1 Å². The van der Waals surface area contributed by atoms with Gasteiger partial charge >= 0.3 is 0 Å². The van der Waals surface area contributed by atoms with Gasteiger partial charge in [0.1, 0.15) is 0 Å². The molecular weight excluding hydrogens is 232 g/mol. The van der Waals surface area contributed by atoms with Crippen LogP contribution in [0.2, 0.25) is 0 Å². The number of nitrogens with zero attached hydrogens (tertiary/aromatic N) is 2. The molecule has 0 saturated carbocycles. The summed E-state index contributed by atoms with van der Waals surface area (Å²) in [5, 5.41) is 14.4. The summed E-state index contributed by atoms with van der Waals surface area (Å²) in [6, 6.07) is 2.36. The predicted molar refractivity (Wildman–Crippen MR) is 67.2 cm³/mol. The largest absolute Gasteiger partial charge is 0.393 e. The average molecular weight is 254 g/mol. The number of aliphatic hydroxyl groups is 1. The topological polar surface area (TPSA) is 56.5 Å². The second-order valence-electron chi connectivity index (χ2n) is 4.81. The highest BCUT2D eigenvalue weighted by atomic mass is 16.7. The highest BCUT2D eigenvalue weighted by Gasteiger charge is 2.20. The first-order valence-electron chi connectivity index (χ1n) is 6.64. The molecule has 1 saturated heterocycles. The molecule has 0 aliphatic carbocycles. The predicted octanol–water partition coefficient (Wildman–Crippen LogP) is 1.52. The fourth-order valence-corrected chi connectivity index (χ4v) is 2.01. The van der Waals surface area contributed by atoms with E-state index < -0.39 is 6.10 Å². The summed E-state index contributed by atoms with van der Waals surface area (Å²) in [4.78, 5) is 0. The Morgan fingerprint density at radius 3 is 2.89 bits per heavy atom. The molecule has 2 atom stereocenters. The Labute approximate surface area is 108 Å². The van der Waals surface area contributed by atoms with E-state index in [4.69, 9.17) is 9.47 Å². The summed E-state index contributed by atoms with van der Waals surface area (Å²) < 4.78 is 12.6. The van der Waals surface area contributed by atoms with Gasteiger partial charge in [0.25, 0.3) is 0 Å². The minimum atomic E-state index is -0.464. The Balaban J connectivity index is 1.82. The van der Waals surface area contributed by atoms with Crippen molar-refractivity contribution >= 4 is 0 Å². The molecule has 1 fully saturated rings. The SMILES string of the molecule is CCC(C)n1ccc(CC(O)CC2OCCO2)n1. The average Bonchev–Trinajstić information content (AvgIpc) is 2.99. The molecule has 1 aromatic rings. The first-order chi connectivity index (χ1) is 8.69. The lowest BCUT2D eigenvalue weighted by Gasteiger charge is -2.13. The van der Waals surface area contributed by atoms with Crippen LogP contribution < -0.4 is 0 Å². The minimum absolute atomic E-state index is 0.253. The quantitative estimate of drug-likeness (QED) is 0.836. The van der Waals surface area contributed by atoms with E-state index in [-0.39, 0.29) is 6.29 Å². The second kappa shape index (κ2) is 6.31. The summed E-state index contributed by atoms with van der Waals surface area (Å²) in [5.41, 5.74) is 0.917. The number of aliphatic hydroxyl groups excluding tert-OH is 1. The minimum Gasteiger partial charge on any atom is -0.393 e. The molecule has 2 unspecified atom stereocenters. The van der Waals surface area contributed by atoms with Crippen molar-refractivity contribution in [2.45, 2.75) is 51.5 Å². The zero-order valence-corrected chi connectivity index (χ0v) is 11.1. The van der Waals surface area contributed by atoms with Gasteiger partial charge in [0.15, 0.2) is 6.29 Å². The third-order valence-electron chi connectivity index (χ3n) is 3.31. The van der Waals surface area contributed by atoms with Gasteiger partial charge in [0, 0.05) is 25.1 Å². The monoisotopic (exact) mass is 254 g/mol. The molecular formula is C13H22N2O3. The maximum atomic E-state index is 9.96. The van der Waals surface area contributed by atoms with Crippen LogP contribution in [0.1, 0.15) is 38.4 Å². The Kier molecular flexibility index (Phi) is 4.74.